The molecule has 0 bridgehead atoms. The smallest absolute Gasteiger partial charge is 0.106 e. The summed E-state index contributed by atoms with van der Waals surface area (Å²) in [5.74, 6) is 0. The molecule has 88 valence electrons. The van der Waals surface area contributed by atoms with E-state index >= 15 is 0 Å². The molecule has 0 N–H and O–H groups in total. The van der Waals surface area contributed by atoms with Crippen molar-refractivity contribution in [2.45, 2.75) is 0 Å². The average Bonchev–Trinajstić information content (AvgIpc) is 2.43. The molecule has 1 aromatic carbocycles. The number of hydrogen-bond acceptors (Lipinski definition) is 3. The first-order valence-corrected chi connectivity index (χ1v) is 5.52. The van der Waals surface area contributed by atoms with E-state index in [4.69, 9.17) is 4.84 Å². The second kappa shape index (κ2) is 5.65. The number of nitrogens with zero attached hydrogens (tertiary/aromatic N) is 2. The maximum absolute atomic E-state index is 9.27. The Morgan fingerprint density at radius 3 is 2.33 bits per heavy atom. The highest BCUT2D eigenvalue weighted by atomic mass is 16.6. The fourth-order valence-electron chi connectivity index (χ4n) is 1.69. The van der Waals surface area contributed by atoms with Crippen molar-refractivity contribution in [2.75, 3.05) is 7.11 Å². The minimum atomic E-state index is 0.652. The van der Waals surface area contributed by atoms with Gasteiger partial charge in [0, 0.05) is 0 Å². The number of rotatable bonds is 2. The number of nitriles is 1. The van der Waals surface area contributed by atoms with Gasteiger partial charge in [-0.15, -0.1) is 0 Å². The molecule has 0 unspecified atom stereocenters. The highest BCUT2D eigenvalue weighted by Gasteiger charge is 2.07. The molecule has 0 atom stereocenters. The van der Waals surface area contributed by atoms with Gasteiger partial charge in [0.25, 0.3) is 0 Å². The lowest BCUT2D eigenvalue weighted by Gasteiger charge is -2.06. The highest BCUT2D eigenvalue weighted by Crippen LogP contribution is 2.21. The first-order valence-electron chi connectivity index (χ1n) is 5.52. The Morgan fingerprint density at radius 2 is 1.78 bits per heavy atom. The Labute approximate surface area is 106 Å². The molecule has 1 aliphatic rings. The van der Waals surface area contributed by atoms with Crippen molar-refractivity contribution in [3.05, 3.63) is 65.8 Å². The summed E-state index contributed by atoms with van der Waals surface area (Å²) in [5.41, 5.74) is 3.17. The summed E-state index contributed by atoms with van der Waals surface area (Å²) in [6.07, 6.45) is 7.37. The van der Waals surface area contributed by atoms with Gasteiger partial charge in [-0.3, -0.25) is 0 Å². The van der Waals surface area contributed by atoms with Gasteiger partial charge < -0.3 is 4.84 Å². The summed E-state index contributed by atoms with van der Waals surface area (Å²) in [7, 11) is 1.50. The molecule has 2 rings (SSSR count). The Bertz CT molecular complexity index is 569. The summed E-state index contributed by atoms with van der Waals surface area (Å²) in [6, 6.07) is 11.9. The topological polar surface area (TPSA) is 45.4 Å². The van der Waals surface area contributed by atoms with Crippen molar-refractivity contribution < 1.29 is 4.84 Å². The normalized spacial score (nSPS) is 13.1. The molecule has 0 aliphatic heterocycles. The molecule has 0 amide bonds. The van der Waals surface area contributed by atoms with Crippen LogP contribution in [0.2, 0.25) is 0 Å². The van der Waals surface area contributed by atoms with E-state index in [1.165, 1.54) is 7.11 Å². The van der Waals surface area contributed by atoms with Gasteiger partial charge in [-0.05, 0) is 23.3 Å². The van der Waals surface area contributed by atoms with E-state index in [-0.39, 0.29) is 0 Å². The second-order valence-corrected chi connectivity index (χ2v) is 3.67. The number of oxime groups is 1. The summed E-state index contributed by atoms with van der Waals surface area (Å²) in [6.45, 7) is 0. The molecule has 0 spiro atoms. The van der Waals surface area contributed by atoms with Crippen molar-refractivity contribution in [3.8, 4) is 6.07 Å². The predicted octanol–water partition coefficient (Wildman–Crippen LogP) is 3.09. The zero-order valence-electron chi connectivity index (χ0n) is 10.00. The van der Waals surface area contributed by atoms with E-state index in [0.29, 0.717) is 5.57 Å². The van der Waals surface area contributed by atoms with Crippen LogP contribution in [0.5, 0.6) is 0 Å². The van der Waals surface area contributed by atoms with Gasteiger partial charge in [-0.1, -0.05) is 47.6 Å². The van der Waals surface area contributed by atoms with Crippen LogP contribution in [-0.4, -0.2) is 12.8 Å². The third-order valence-corrected chi connectivity index (χ3v) is 2.53. The third-order valence-electron chi connectivity index (χ3n) is 2.53. The number of hydrogen-bond donors (Lipinski definition) is 0. The van der Waals surface area contributed by atoms with Gasteiger partial charge in [-0.2, -0.15) is 5.26 Å². The summed E-state index contributed by atoms with van der Waals surface area (Å²) >= 11 is 0. The van der Waals surface area contributed by atoms with Gasteiger partial charge in [0.1, 0.15) is 18.9 Å². The molecule has 3 nitrogen and oxygen atoms in total. The van der Waals surface area contributed by atoms with Crippen LogP contribution in [0, 0.1) is 11.3 Å². The quantitative estimate of drug-likeness (QED) is 0.585. The minimum absolute atomic E-state index is 0.652. The van der Waals surface area contributed by atoms with Crippen LogP contribution in [0.4, 0.5) is 0 Å². The van der Waals surface area contributed by atoms with E-state index in [1.807, 2.05) is 54.6 Å². The van der Waals surface area contributed by atoms with E-state index < -0.39 is 0 Å². The van der Waals surface area contributed by atoms with Gasteiger partial charge >= 0.3 is 0 Å². The third kappa shape index (κ3) is 2.55. The van der Waals surface area contributed by atoms with Crippen molar-refractivity contribution in [1.29, 1.82) is 5.26 Å². The predicted molar refractivity (Wildman–Crippen MR) is 71.7 cm³/mol. The fourth-order valence-corrected chi connectivity index (χ4v) is 1.69. The van der Waals surface area contributed by atoms with E-state index in [9.17, 15) is 5.26 Å². The minimum Gasteiger partial charge on any atom is -0.399 e. The summed E-state index contributed by atoms with van der Waals surface area (Å²) in [5, 5.41) is 13.1. The van der Waals surface area contributed by atoms with Gasteiger partial charge in [0.2, 0.25) is 0 Å². The lowest BCUT2D eigenvalue weighted by Crippen LogP contribution is -1.96. The molecule has 1 aliphatic carbocycles. The SMILES string of the molecule is CON=C1C=CC(=C(C#N)c2ccccc2)C=C1. The van der Waals surface area contributed by atoms with Crippen LogP contribution in [0.25, 0.3) is 5.57 Å². The molecule has 3 heteroatoms. The summed E-state index contributed by atoms with van der Waals surface area (Å²) < 4.78 is 0. The van der Waals surface area contributed by atoms with Gasteiger partial charge in [0.05, 0.1) is 5.57 Å². The van der Waals surface area contributed by atoms with Crippen molar-refractivity contribution in [2.24, 2.45) is 5.16 Å². The molecule has 0 saturated heterocycles. The van der Waals surface area contributed by atoms with Crippen LogP contribution < -0.4 is 0 Å². The van der Waals surface area contributed by atoms with Crippen LogP contribution >= 0.6 is 0 Å². The highest BCUT2D eigenvalue weighted by molar-refractivity contribution is 6.06. The number of benzene rings is 1. The largest absolute Gasteiger partial charge is 0.399 e. The fraction of sp³-hybridized carbons (Fsp3) is 0.0667. The second-order valence-electron chi connectivity index (χ2n) is 3.67. The van der Waals surface area contributed by atoms with Crippen LogP contribution in [-0.2, 0) is 4.84 Å². The Morgan fingerprint density at radius 1 is 1.11 bits per heavy atom. The maximum Gasteiger partial charge on any atom is 0.106 e. The average molecular weight is 236 g/mol. The lowest BCUT2D eigenvalue weighted by atomic mass is 9.97. The van der Waals surface area contributed by atoms with E-state index in [0.717, 1.165) is 16.8 Å². The molecule has 0 aromatic heterocycles. The standard InChI is InChI=1S/C15H12N2O/c1-18-17-14-9-7-13(8-10-14)15(11-16)12-5-3-2-4-6-12/h2-10H,1H3. The van der Waals surface area contributed by atoms with E-state index in [1.54, 1.807) is 0 Å². The number of allylic oxidation sites excluding steroid dienone is 6. The molecular weight excluding hydrogens is 224 g/mol. The molecule has 0 saturated carbocycles. The Kier molecular flexibility index (Phi) is 3.72. The first kappa shape index (κ1) is 11.9. The Hall–Kier alpha value is -2.60. The summed E-state index contributed by atoms with van der Waals surface area (Å²) in [4.78, 5) is 4.69. The van der Waals surface area contributed by atoms with Crippen molar-refractivity contribution in [3.63, 3.8) is 0 Å². The lowest BCUT2D eigenvalue weighted by molar-refractivity contribution is 0.214. The first-order chi connectivity index (χ1) is 8.85. The Balaban J connectivity index is 2.38. The molecule has 0 radical (unpaired) electrons. The molecule has 0 fully saturated rings. The van der Waals surface area contributed by atoms with Crippen molar-refractivity contribution in [1.82, 2.24) is 0 Å². The molecule has 18 heavy (non-hydrogen) atoms. The van der Waals surface area contributed by atoms with E-state index in [2.05, 4.69) is 11.2 Å². The van der Waals surface area contributed by atoms with Gasteiger partial charge in [-0.25, -0.2) is 0 Å². The zero-order valence-corrected chi connectivity index (χ0v) is 10.00. The monoisotopic (exact) mass is 236 g/mol. The van der Waals surface area contributed by atoms with Crippen LogP contribution in [0.15, 0.2) is 65.4 Å². The van der Waals surface area contributed by atoms with Crippen LogP contribution in [0.3, 0.4) is 0 Å². The zero-order chi connectivity index (χ0) is 12.8. The van der Waals surface area contributed by atoms with Gasteiger partial charge in [0.15, 0.2) is 0 Å². The molecular formula is C15H12N2O. The van der Waals surface area contributed by atoms with Crippen molar-refractivity contribution >= 4 is 11.3 Å². The molecule has 1 aromatic rings. The van der Waals surface area contributed by atoms with Crippen LogP contribution in [0.1, 0.15) is 5.56 Å². The maximum atomic E-state index is 9.27. The molecule has 0 heterocycles.